The minimum atomic E-state index is 0.347. The average Bonchev–Trinajstić information content (AvgIpc) is 2.85. The van der Waals surface area contributed by atoms with Crippen molar-refractivity contribution in [3.8, 4) is 11.4 Å². The van der Waals surface area contributed by atoms with Crippen LogP contribution in [0.15, 0.2) is 36.7 Å². The van der Waals surface area contributed by atoms with Gasteiger partial charge in [-0.25, -0.2) is 4.98 Å². The largest absolute Gasteiger partial charge is 0.496 e. The van der Waals surface area contributed by atoms with Gasteiger partial charge < -0.3 is 4.74 Å². The van der Waals surface area contributed by atoms with Crippen LogP contribution in [-0.4, -0.2) is 21.6 Å². The summed E-state index contributed by atoms with van der Waals surface area (Å²) in [6, 6.07) is 7.97. The van der Waals surface area contributed by atoms with Gasteiger partial charge in [0.15, 0.2) is 0 Å². The van der Waals surface area contributed by atoms with Gasteiger partial charge in [0.1, 0.15) is 17.1 Å². The molecule has 0 N–H and O–H groups in total. The van der Waals surface area contributed by atoms with Crippen molar-refractivity contribution >= 4 is 22.6 Å². The molecule has 0 aliphatic rings. The highest BCUT2D eigenvalue weighted by molar-refractivity contribution is 6.17. The molecule has 0 saturated carbocycles. The number of hydrogen-bond acceptors (Lipinski definition) is 3. The van der Waals surface area contributed by atoms with Crippen molar-refractivity contribution in [2.24, 2.45) is 0 Å². The molecule has 0 fully saturated rings. The SMILES string of the molecule is COc1ccc(-n2c(CCl)nc3cnccc32)cc1C. The zero-order valence-corrected chi connectivity index (χ0v) is 12.1. The molecular formula is C15H14ClN3O. The van der Waals surface area contributed by atoms with Gasteiger partial charge in [-0.3, -0.25) is 9.55 Å². The van der Waals surface area contributed by atoms with Crippen molar-refractivity contribution < 1.29 is 4.74 Å². The number of aromatic nitrogens is 3. The fourth-order valence-electron chi connectivity index (χ4n) is 2.36. The maximum absolute atomic E-state index is 6.02. The monoisotopic (exact) mass is 287 g/mol. The van der Waals surface area contributed by atoms with Gasteiger partial charge in [-0.2, -0.15) is 0 Å². The number of ether oxygens (including phenoxy) is 1. The standard InChI is InChI=1S/C15H14ClN3O/c1-10-7-11(3-4-14(10)20-2)19-13-5-6-17-9-12(13)18-15(19)8-16/h3-7,9H,8H2,1-2H3. The molecule has 0 saturated heterocycles. The molecule has 20 heavy (non-hydrogen) atoms. The summed E-state index contributed by atoms with van der Waals surface area (Å²) in [5.41, 5.74) is 3.94. The highest BCUT2D eigenvalue weighted by Gasteiger charge is 2.12. The lowest BCUT2D eigenvalue weighted by molar-refractivity contribution is 0.411. The maximum atomic E-state index is 6.02. The van der Waals surface area contributed by atoms with Gasteiger partial charge in [-0.15, -0.1) is 11.6 Å². The zero-order chi connectivity index (χ0) is 14.1. The van der Waals surface area contributed by atoms with Crippen molar-refractivity contribution in [3.63, 3.8) is 0 Å². The second kappa shape index (κ2) is 5.13. The normalized spacial score (nSPS) is 10.9. The third kappa shape index (κ3) is 2.02. The number of fused-ring (bicyclic) bond motifs is 1. The van der Waals surface area contributed by atoms with Crippen molar-refractivity contribution in [2.75, 3.05) is 7.11 Å². The first-order valence-electron chi connectivity index (χ1n) is 6.27. The molecule has 0 unspecified atom stereocenters. The van der Waals surface area contributed by atoms with Gasteiger partial charge in [-0.1, -0.05) is 0 Å². The van der Waals surface area contributed by atoms with E-state index in [1.165, 1.54) is 0 Å². The lowest BCUT2D eigenvalue weighted by atomic mass is 10.2. The van der Waals surface area contributed by atoms with Crippen LogP contribution in [0, 0.1) is 6.92 Å². The molecule has 0 radical (unpaired) electrons. The zero-order valence-electron chi connectivity index (χ0n) is 11.3. The molecule has 1 aromatic carbocycles. The number of halogens is 1. The topological polar surface area (TPSA) is 39.9 Å². The number of benzene rings is 1. The summed E-state index contributed by atoms with van der Waals surface area (Å²) >= 11 is 6.02. The smallest absolute Gasteiger partial charge is 0.129 e. The van der Waals surface area contributed by atoms with Gasteiger partial charge >= 0.3 is 0 Å². The van der Waals surface area contributed by atoms with E-state index in [0.29, 0.717) is 5.88 Å². The third-order valence-electron chi connectivity index (χ3n) is 3.28. The Morgan fingerprint density at radius 3 is 2.85 bits per heavy atom. The number of hydrogen-bond donors (Lipinski definition) is 0. The second-order valence-corrected chi connectivity index (χ2v) is 4.78. The first kappa shape index (κ1) is 12.9. The van der Waals surface area contributed by atoms with Gasteiger partial charge in [0, 0.05) is 11.9 Å². The van der Waals surface area contributed by atoms with Crippen LogP contribution in [-0.2, 0) is 5.88 Å². The molecule has 2 aromatic heterocycles. The molecule has 5 heteroatoms. The number of aryl methyl sites for hydroxylation is 1. The molecule has 0 bridgehead atoms. The van der Waals surface area contributed by atoms with E-state index in [9.17, 15) is 0 Å². The van der Waals surface area contributed by atoms with Crippen LogP contribution in [0.5, 0.6) is 5.75 Å². The summed E-state index contributed by atoms with van der Waals surface area (Å²) in [7, 11) is 1.67. The van der Waals surface area contributed by atoms with Crippen LogP contribution in [0.1, 0.15) is 11.4 Å². The molecule has 0 spiro atoms. The molecule has 0 aliphatic carbocycles. The Bertz CT molecular complexity index is 767. The molecule has 4 nitrogen and oxygen atoms in total. The summed E-state index contributed by atoms with van der Waals surface area (Å²) in [6.07, 6.45) is 3.51. The highest BCUT2D eigenvalue weighted by Crippen LogP contribution is 2.26. The molecule has 102 valence electrons. The summed E-state index contributed by atoms with van der Waals surface area (Å²) < 4.78 is 7.35. The Labute approximate surface area is 122 Å². The molecule has 3 aromatic rings. The van der Waals surface area contributed by atoms with Crippen molar-refractivity contribution in [2.45, 2.75) is 12.8 Å². The number of nitrogens with zero attached hydrogens (tertiary/aromatic N) is 3. The first-order chi connectivity index (χ1) is 9.74. The number of methoxy groups -OCH3 is 1. The van der Waals surface area contributed by atoms with Crippen LogP contribution >= 0.6 is 11.6 Å². The second-order valence-electron chi connectivity index (χ2n) is 4.52. The molecule has 0 atom stereocenters. The van der Waals surface area contributed by atoms with E-state index in [4.69, 9.17) is 16.3 Å². The fraction of sp³-hybridized carbons (Fsp3) is 0.200. The van der Waals surface area contributed by atoms with Crippen LogP contribution < -0.4 is 4.74 Å². The van der Waals surface area contributed by atoms with Gasteiger partial charge in [-0.05, 0) is 36.8 Å². The van der Waals surface area contributed by atoms with E-state index in [2.05, 4.69) is 20.6 Å². The Morgan fingerprint density at radius 1 is 1.30 bits per heavy atom. The lowest BCUT2D eigenvalue weighted by Gasteiger charge is -2.11. The van der Waals surface area contributed by atoms with E-state index >= 15 is 0 Å². The predicted octanol–water partition coefficient (Wildman–Crippen LogP) is 3.48. The van der Waals surface area contributed by atoms with Gasteiger partial charge in [0.05, 0.1) is 24.7 Å². The van der Waals surface area contributed by atoms with Gasteiger partial charge in [0.25, 0.3) is 0 Å². The number of pyridine rings is 1. The molecule has 0 amide bonds. The Hall–Kier alpha value is -2.07. The van der Waals surface area contributed by atoms with Gasteiger partial charge in [0.2, 0.25) is 0 Å². The maximum Gasteiger partial charge on any atom is 0.129 e. The van der Waals surface area contributed by atoms with E-state index < -0.39 is 0 Å². The minimum absolute atomic E-state index is 0.347. The third-order valence-corrected chi connectivity index (χ3v) is 3.52. The first-order valence-corrected chi connectivity index (χ1v) is 6.80. The average molecular weight is 288 g/mol. The highest BCUT2D eigenvalue weighted by atomic mass is 35.5. The minimum Gasteiger partial charge on any atom is -0.496 e. The van der Waals surface area contributed by atoms with E-state index in [1.54, 1.807) is 19.5 Å². The fourth-order valence-corrected chi connectivity index (χ4v) is 2.54. The van der Waals surface area contributed by atoms with Crippen molar-refractivity contribution in [1.29, 1.82) is 0 Å². The van der Waals surface area contributed by atoms with E-state index in [0.717, 1.165) is 33.9 Å². The van der Waals surface area contributed by atoms with E-state index in [1.807, 2.05) is 25.1 Å². The molecule has 3 rings (SSSR count). The van der Waals surface area contributed by atoms with Crippen LogP contribution in [0.4, 0.5) is 0 Å². The van der Waals surface area contributed by atoms with E-state index in [-0.39, 0.29) is 0 Å². The quantitative estimate of drug-likeness (QED) is 0.693. The van der Waals surface area contributed by atoms with Crippen molar-refractivity contribution in [3.05, 3.63) is 48.0 Å². The Morgan fingerprint density at radius 2 is 2.15 bits per heavy atom. The lowest BCUT2D eigenvalue weighted by Crippen LogP contribution is -2.00. The molecule has 2 heterocycles. The summed E-state index contributed by atoms with van der Waals surface area (Å²) in [5.74, 6) is 2.02. The summed E-state index contributed by atoms with van der Waals surface area (Å²) in [6.45, 7) is 2.02. The number of rotatable bonds is 3. The summed E-state index contributed by atoms with van der Waals surface area (Å²) in [4.78, 5) is 8.62. The molecular weight excluding hydrogens is 274 g/mol. The Balaban J connectivity index is 2.25. The summed E-state index contributed by atoms with van der Waals surface area (Å²) in [5, 5.41) is 0. The van der Waals surface area contributed by atoms with Crippen LogP contribution in [0.25, 0.3) is 16.7 Å². The molecule has 0 aliphatic heterocycles. The van der Waals surface area contributed by atoms with Crippen LogP contribution in [0.3, 0.4) is 0 Å². The van der Waals surface area contributed by atoms with Crippen molar-refractivity contribution in [1.82, 2.24) is 14.5 Å². The predicted molar refractivity (Wildman–Crippen MR) is 79.7 cm³/mol. The number of imidazole rings is 1. The Kier molecular flexibility index (Phi) is 3.32. The number of alkyl halides is 1. The van der Waals surface area contributed by atoms with Crippen LogP contribution in [0.2, 0.25) is 0 Å².